The molecule has 1 N–H and O–H groups in total. The van der Waals surface area contributed by atoms with Crippen molar-refractivity contribution in [3.05, 3.63) is 18.2 Å². The lowest BCUT2D eigenvalue weighted by molar-refractivity contribution is -0.149. The molecule has 6 heteroatoms. The SMILES string of the molecule is CC1(C(=O)O)CN(c2ncc(F)cn2)C1. The van der Waals surface area contributed by atoms with Crippen LogP contribution < -0.4 is 4.90 Å². The van der Waals surface area contributed by atoms with Crippen molar-refractivity contribution in [2.24, 2.45) is 5.41 Å². The Balaban J connectivity index is 2.06. The molecule has 0 bridgehead atoms. The quantitative estimate of drug-likeness (QED) is 0.772. The highest BCUT2D eigenvalue weighted by atomic mass is 19.1. The monoisotopic (exact) mass is 211 g/mol. The Morgan fingerprint density at radius 1 is 1.53 bits per heavy atom. The fourth-order valence-corrected chi connectivity index (χ4v) is 1.54. The lowest BCUT2D eigenvalue weighted by atomic mass is 9.82. The minimum absolute atomic E-state index is 0.355. The van der Waals surface area contributed by atoms with Crippen LogP contribution in [-0.4, -0.2) is 34.1 Å². The zero-order valence-electron chi connectivity index (χ0n) is 8.14. The molecule has 0 spiro atoms. The summed E-state index contributed by atoms with van der Waals surface area (Å²) in [5.41, 5.74) is -0.738. The number of anilines is 1. The van der Waals surface area contributed by atoms with E-state index in [1.54, 1.807) is 11.8 Å². The van der Waals surface area contributed by atoms with Gasteiger partial charge in [-0.2, -0.15) is 0 Å². The number of aliphatic carboxylic acids is 1. The Morgan fingerprint density at radius 3 is 2.53 bits per heavy atom. The summed E-state index contributed by atoms with van der Waals surface area (Å²) < 4.78 is 12.5. The van der Waals surface area contributed by atoms with Crippen LogP contribution in [0.4, 0.5) is 10.3 Å². The van der Waals surface area contributed by atoms with E-state index in [0.717, 1.165) is 12.4 Å². The van der Waals surface area contributed by atoms with Gasteiger partial charge in [0.05, 0.1) is 12.4 Å². The molecule has 1 aromatic heterocycles. The van der Waals surface area contributed by atoms with E-state index in [2.05, 4.69) is 9.97 Å². The van der Waals surface area contributed by atoms with E-state index in [0.29, 0.717) is 19.0 Å². The lowest BCUT2D eigenvalue weighted by Gasteiger charge is -2.44. The Hall–Kier alpha value is -1.72. The Kier molecular flexibility index (Phi) is 2.06. The van der Waals surface area contributed by atoms with Gasteiger partial charge in [0.2, 0.25) is 5.95 Å². The topological polar surface area (TPSA) is 66.3 Å². The first kappa shape index (κ1) is 9.82. The van der Waals surface area contributed by atoms with Crippen molar-refractivity contribution in [2.45, 2.75) is 6.92 Å². The zero-order valence-corrected chi connectivity index (χ0v) is 8.14. The van der Waals surface area contributed by atoms with Crippen LogP contribution in [0.15, 0.2) is 12.4 Å². The number of carboxylic acid groups (broad SMARTS) is 1. The van der Waals surface area contributed by atoms with Gasteiger partial charge >= 0.3 is 5.97 Å². The average molecular weight is 211 g/mol. The molecule has 0 atom stereocenters. The van der Waals surface area contributed by atoms with Crippen molar-refractivity contribution in [2.75, 3.05) is 18.0 Å². The van der Waals surface area contributed by atoms with E-state index in [4.69, 9.17) is 5.11 Å². The molecule has 0 aliphatic carbocycles. The number of rotatable bonds is 2. The van der Waals surface area contributed by atoms with Gasteiger partial charge in [0, 0.05) is 13.1 Å². The maximum absolute atomic E-state index is 12.5. The van der Waals surface area contributed by atoms with E-state index in [9.17, 15) is 9.18 Å². The minimum Gasteiger partial charge on any atom is -0.481 e. The fraction of sp³-hybridized carbons (Fsp3) is 0.444. The van der Waals surface area contributed by atoms with Crippen LogP contribution in [-0.2, 0) is 4.79 Å². The van der Waals surface area contributed by atoms with Gasteiger partial charge in [0.15, 0.2) is 5.82 Å². The molecule has 0 amide bonds. The predicted octanol–water partition coefficient (Wildman–Crippen LogP) is 0.527. The molecule has 1 saturated heterocycles. The first-order valence-corrected chi connectivity index (χ1v) is 4.47. The summed E-state index contributed by atoms with van der Waals surface area (Å²) in [5.74, 6) is -0.962. The molecule has 0 aromatic carbocycles. The molecule has 0 saturated carbocycles. The van der Waals surface area contributed by atoms with Crippen LogP contribution in [0.2, 0.25) is 0 Å². The largest absolute Gasteiger partial charge is 0.481 e. The molecule has 1 fully saturated rings. The fourth-order valence-electron chi connectivity index (χ4n) is 1.54. The third-order valence-electron chi connectivity index (χ3n) is 2.49. The van der Waals surface area contributed by atoms with Crippen molar-refractivity contribution >= 4 is 11.9 Å². The maximum Gasteiger partial charge on any atom is 0.312 e. The summed E-state index contributed by atoms with van der Waals surface area (Å²) in [5, 5.41) is 8.87. The zero-order chi connectivity index (χ0) is 11.1. The number of carboxylic acids is 1. The summed E-state index contributed by atoms with van der Waals surface area (Å²) in [6, 6.07) is 0. The highest BCUT2D eigenvalue weighted by Crippen LogP contribution is 2.32. The summed E-state index contributed by atoms with van der Waals surface area (Å²) in [7, 11) is 0. The van der Waals surface area contributed by atoms with E-state index in [1.165, 1.54) is 0 Å². The number of hydrogen-bond acceptors (Lipinski definition) is 4. The first-order valence-electron chi connectivity index (χ1n) is 4.47. The Labute approximate surface area is 85.6 Å². The second-order valence-corrected chi connectivity index (χ2v) is 3.92. The smallest absolute Gasteiger partial charge is 0.312 e. The van der Waals surface area contributed by atoms with Gasteiger partial charge in [-0.1, -0.05) is 0 Å². The predicted molar refractivity (Wildman–Crippen MR) is 49.9 cm³/mol. The Morgan fingerprint density at radius 2 is 2.07 bits per heavy atom. The van der Waals surface area contributed by atoms with Crippen LogP contribution >= 0.6 is 0 Å². The number of hydrogen-bond donors (Lipinski definition) is 1. The average Bonchev–Trinajstić information content (AvgIpc) is 2.14. The van der Waals surface area contributed by atoms with Crippen molar-refractivity contribution in [1.29, 1.82) is 0 Å². The summed E-state index contributed by atoms with van der Waals surface area (Å²) in [6.45, 7) is 2.37. The third-order valence-corrected chi connectivity index (χ3v) is 2.49. The second-order valence-electron chi connectivity index (χ2n) is 3.92. The molecule has 15 heavy (non-hydrogen) atoms. The molecular weight excluding hydrogens is 201 g/mol. The lowest BCUT2D eigenvalue weighted by Crippen LogP contribution is -2.59. The number of nitrogens with zero attached hydrogens (tertiary/aromatic N) is 3. The van der Waals surface area contributed by atoms with Gasteiger partial charge < -0.3 is 10.0 Å². The minimum atomic E-state index is -0.833. The van der Waals surface area contributed by atoms with Crippen molar-refractivity contribution < 1.29 is 14.3 Å². The van der Waals surface area contributed by atoms with E-state index < -0.39 is 17.2 Å². The summed E-state index contributed by atoms with van der Waals surface area (Å²) >= 11 is 0. The molecule has 5 nitrogen and oxygen atoms in total. The van der Waals surface area contributed by atoms with E-state index >= 15 is 0 Å². The van der Waals surface area contributed by atoms with Gasteiger partial charge in [-0.05, 0) is 6.92 Å². The molecule has 2 rings (SSSR count). The molecular formula is C9H10FN3O2. The Bertz CT molecular complexity index is 387. The molecule has 0 radical (unpaired) electrons. The highest BCUT2D eigenvalue weighted by molar-refractivity contribution is 5.78. The van der Waals surface area contributed by atoms with E-state index in [1.807, 2.05) is 0 Å². The standard InChI is InChI=1S/C9H10FN3O2/c1-9(7(14)15)4-13(5-9)8-11-2-6(10)3-12-8/h2-3H,4-5H2,1H3,(H,14,15). The first-order chi connectivity index (χ1) is 7.01. The van der Waals surface area contributed by atoms with Gasteiger partial charge in [0.1, 0.15) is 5.41 Å². The van der Waals surface area contributed by atoms with Crippen LogP contribution in [0.25, 0.3) is 0 Å². The number of carbonyl (C=O) groups is 1. The van der Waals surface area contributed by atoms with Gasteiger partial charge in [-0.25, -0.2) is 14.4 Å². The molecule has 2 heterocycles. The van der Waals surface area contributed by atoms with Crippen LogP contribution in [0, 0.1) is 11.2 Å². The maximum atomic E-state index is 12.5. The highest BCUT2D eigenvalue weighted by Gasteiger charge is 2.46. The molecule has 1 aliphatic heterocycles. The number of aromatic nitrogens is 2. The van der Waals surface area contributed by atoms with Crippen LogP contribution in [0.3, 0.4) is 0 Å². The molecule has 1 aliphatic rings. The van der Waals surface area contributed by atoms with Gasteiger partial charge in [0.25, 0.3) is 0 Å². The van der Waals surface area contributed by atoms with Gasteiger partial charge in [-0.15, -0.1) is 0 Å². The van der Waals surface area contributed by atoms with Gasteiger partial charge in [-0.3, -0.25) is 4.79 Å². The van der Waals surface area contributed by atoms with E-state index in [-0.39, 0.29) is 0 Å². The third kappa shape index (κ3) is 1.62. The summed E-state index contributed by atoms with van der Waals surface area (Å²) in [6.07, 6.45) is 2.14. The second kappa shape index (κ2) is 3.15. The van der Waals surface area contributed by atoms with Crippen molar-refractivity contribution in [1.82, 2.24) is 9.97 Å². The van der Waals surface area contributed by atoms with Crippen molar-refractivity contribution in [3.8, 4) is 0 Å². The number of halogens is 1. The molecule has 80 valence electrons. The molecule has 1 aromatic rings. The van der Waals surface area contributed by atoms with Crippen LogP contribution in [0.5, 0.6) is 0 Å². The molecule has 0 unspecified atom stereocenters. The summed E-state index contributed by atoms with van der Waals surface area (Å²) in [4.78, 5) is 20.1. The van der Waals surface area contributed by atoms with Crippen LogP contribution in [0.1, 0.15) is 6.92 Å². The normalized spacial score (nSPS) is 18.4. The van der Waals surface area contributed by atoms with Crippen molar-refractivity contribution in [3.63, 3.8) is 0 Å².